The second-order valence-electron chi connectivity index (χ2n) is 7.96. The lowest BCUT2D eigenvalue weighted by atomic mass is 10.0. The van der Waals surface area contributed by atoms with Crippen molar-refractivity contribution in [1.82, 2.24) is 25.3 Å². The van der Waals surface area contributed by atoms with Crippen LogP contribution < -0.4 is 10.2 Å². The number of hydrogen-bond acceptors (Lipinski definition) is 9. The maximum Gasteiger partial charge on any atom is 0.350 e. The molecule has 0 saturated carbocycles. The fourth-order valence-electron chi connectivity index (χ4n) is 3.85. The minimum Gasteiger partial charge on any atom is -0.462 e. The summed E-state index contributed by atoms with van der Waals surface area (Å²) in [6.45, 7) is 4.69. The first-order valence-corrected chi connectivity index (χ1v) is 13.0. The molecule has 1 aliphatic rings. The third kappa shape index (κ3) is 5.45. The normalized spacial score (nSPS) is 17.8. The Balaban J connectivity index is 1.54. The van der Waals surface area contributed by atoms with Crippen molar-refractivity contribution in [3.05, 3.63) is 43.9 Å². The maximum atomic E-state index is 12.8. The van der Waals surface area contributed by atoms with E-state index < -0.39 is 5.97 Å². The van der Waals surface area contributed by atoms with Crippen molar-refractivity contribution in [2.75, 3.05) is 31.7 Å². The van der Waals surface area contributed by atoms with Crippen molar-refractivity contribution >= 4 is 63.1 Å². The van der Waals surface area contributed by atoms with Gasteiger partial charge in [-0.1, -0.05) is 46.1 Å². The molecule has 1 aliphatic heterocycles. The highest BCUT2D eigenvalue weighted by Crippen LogP contribution is 2.35. The molecule has 0 radical (unpaired) electrons. The molecule has 1 saturated heterocycles. The fourth-order valence-corrected chi connectivity index (χ4v) is 5.37. The van der Waals surface area contributed by atoms with Gasteiger partial charge in [-0.3, -0.25) is 4.79 Å². The molecule has 1 amide bonds. The molecule has 4 rings (SSSR count). The zero-order valence-electron chi connectivity index (χ0n) is 19.6. The van der Waals surface area contributed by atoms with Crippen molar-refractivity contribution in [3.8, 4) is 11.4 Å². The number of ether oxygens (including phenoxy) is 2. The van der Waals surface area contributed by atoms with Crippen LogP contribution in [0.4, 0.5) is 5.13 Å². The molecule has 2 N–H and O–H groups in total. The Kier molecular flexibility index (Phi) is 8.36. The summed E-state index contributed by atoms with van der Waals surface area (Å²) in [5, 5.41) is 4.33. The van der Waals surface area contributed by atoms with Gasteiger partial charge in [-0.2, -0.15) is 0 Å². The quantitative estimate of drug-likeness (QED) is 0.399. The summed E-state index contributed by atoms with van der Waals surface area (Å²) in [5.74, 6) is -0.854. The largest absolute Gasteiger partial charge is 0.462 e. The van der Waals surface area contributed by atoms with Crippen LogP contribution in [0.2, 0.25) is 15.2 Å². The molecule has 192 valence electrons. The summed E-state index contributed by atoms with van der Waals surface area (Å²) >= 11 is 19.4. The number of nitrogens with one attached hydrogen (secondary N) is 2. The number of esters is 1. The van der Waals surface area contributed by atoms with Gasteiger partial charge in [0.1, 0.15) is 27.1 Å². The third-order valence-electron chi connectivity index (χ3n) is 5.67. The van der Waals surface area contributed by atoms with Crippen LogP contribution in [0.1, 0.15) is 39.2 Å². The van der Waals surface area contributed by atoms with Gasteiger partial charge in [0.05, 0.1) is 41.2 Å². The Labute approximate surface area is 226 Å². The van der Waals surface area contributed by atoms with Crippen LogP contribution in [0.3, 0.4) is 0 Å². The molecule has 10 nitrogen and oxygen atoms in total. The SMILES string of the molecule is CCOC(=O)c1sc(N2CC[C@@H](NC(=O)c3[nH]c(C)c(Cl)c3Cl)[C@@H](OC)C2)nc1-c1cnc(Cl)cn1. The van der Waals surface area contributed by atoms with Crippen molar-refractivity contribution in [2.24, 2.45) is 0 Å². The molecule has 0 aromatic carbocycles. The standard InChI is InChI=1S/C22H23Cl3N6O4S/c1-4-35-21(33)19-17(12-7-27-14(23)8-26-12)30-22(36-19)31-6-5-11(13(9-31)34-3)29-20(32)18-16(25)15(24)10(2)28-18/h7-8,11,13,28H,4-6,9H2,1-3H3,(H,29,32)/t11-,13+/m1/s1. The van der Waals surface area contributed by atoms with Gasteiger partial charge in [-0.15, -0.1) is 0 Å². The first kappa shape index (κ1) is 26.6. The van der Waals surface area contributed by atoms with E-state index in [1.807, 2.05) is 4.90 Å². The van der Waals surface area contributed by atoms with E-state index >= 15 is 0 Å². The molecule has 0 bridgehead atoms. The Morgan fingerprint density at radius 3 is 2.64 bits per heavy atom. The molecule has 3 aromatic heterocycles. The first-order chi connectivity index (χ1) is 17.2. The number of carbonyl (C=O) groups is 2. The molecule has 36 heavy (non-hydrogen) atoms. The average molecular weight is 574 g/mol. The number of aromatic amines is 1. The van der Waals surface area contributed by atoms with Crippen LogP contribution in [0.15, 0.2) is 12.4 Å². The summed E-state index contributed by atoms with van der Waals surface area (Å²) in [6.07, 6.45) is 3.08. The Hall–Kier alpha value is -2.44. The van der Waals surface area contributed by atoms with Crippen molar-refractivity contribution in [3.63, 3.8) is 0 Å². The molecular weight excluding hydrogens is 551 g/mol. The summed E-state index contributed by atoms with van der Waals surface area (Å²) in [6, 6.07) is -0.275. The van der Waals surface area contributed by atoms with Gasteiger partial charge in [0.15, 0.2) is 5.13 Å². The molecule has 3 aromatic rings. The summed E-state index contributed by atoms with van der Waals surface area (Å²) < 4.78 is 10.9. The molecule has 4 heterocycles. The predicted octanol–water partition coefficient (Wildman–Crippen LogP) is 4.40. The predicted molar refractivity (Wildman–Crippen MR) is 139 cm³/mol. The van der Waals surface area contributed by atoms with E-state index in [9.17, 15) is 9.59 Å². The number of halogens is 3. The molecule has 0 spiro atoms. The van der Waals surface area contributed by atoms with Crippen LogP contribution in [-0.4, -0.2) is 70.8 Å². The zero-order valence-corrected chi connectivity index (χ0v) is 22.7. The van der Waals surface area contributed by atoms with Crippen molar-refractivity contribution in [2.45, 2.75) is 32.4 Å². The van der Waals surface area contributed by atoms with E-state index in [1.54, 1.807) is 21.0 Å². The first-order valence-electron chi connectivity index (χ1n) is 11.0. The lowest BCUT2D eigenvalue weighted by Gasteiger charge is -2.37. The maximum absolute atomic E-state index is 12.8. The number of thiazole rings is 1. The van der Waals surface area contributed by atoms with E-state index in [4.69, 9.17) is 44.3 Å². The highest BCUT2D eigenvalue weighted by atomic mass is 35.5. The summed E-state index contributed by atoms with van der Waals surface area (Å²) in [5.41, 5.74) is 1.61. The molecule has 0 unspecified atom stereocenters. The number of anilines is 1. The average Bonchev–Trinajstić information content (AvgIpc) is 3.42. The van der Waals surface area contributed by atoms with E-state index in [1.165, 1.54) is 23.7 Å². The number of amides is 1. The summed E-state index contributed by atoms with van der Waals surface area (Å²) in [7, 11) is 1.58. The van der Waals surface area contributed by atoms with Gasteiger partial charge in [0.2, 0.25) is 0 Å². The highest BCUT2D eigenvalue weighted by Gasteiger charge is 2.34. The van der Waals surface area contributed by atoms with Crippen molar-refractivity contribution in [1.29, 1.82) is 0 Å². The van der Waals surface area contributed by atoms with Gasteiger partial charge in [-0.25, -0.2) is 19.7 Å². The number of methoxy groups -OCH3 is 1. The van der Waals surface area contributed by atoms with Gasteiger partial charge < -0.3 is 24.7 Å². The fraction of sp³-hybridized carbons (Fsp3) is 0.409. The number of aryl methyl sites for hydroxylation is 1. The highest BCUT2D eigenvalue weighted by molar-refractivity contribution is 7.17. The zero-order chi connectivity index (χ0) is 26.0. The minimum absolute atomic E-state index is 0.185. The van der Waals surface area contributed by atoms with Crippen LogP contribution in [0, 0.1) is 6.92 Å². The number of hydrogen-bond donors (Lipinski definition) is 2. The Bertz CT molecular complexity index is 1270. The Morgan fingerprint density at radius 2 is 2.03 bits per heavy atom. The second kappa shape index (κ2) is 11.3. The van der Waals surface area contributed by atoms with Gasteiger partial charge in [-0.05, 0) is 20.3 Å². The van der Waals surface area contributed by atoms with E-state index in [0.717, 1.165) is 0 Å². The van der Waals surface area contributed by atoms with Gasteiger partial charge in [0.25, 0.3) is 5.91 Å². The third-order valence-corrected chi connectivity index (χ3v) is 7.91. The smallest absolute Gasteiger partial charge is 0.350 e. The number of rotatable bonds is 7. The number of H-pyrrole nitrogens is 1. The molecule has 0 aliphatic carbocycles. The van der Waals surface area contributed by atoms with Crippen LogP contribution >= 0.6 is 46.1 Å². The topological polar surface area (TPSA) is 122 Å². The second-order valence-corrected chi connectivity index (χ2v) is 10.1. The monoisotopic (exact) mass is 572 g/mol. The van der Waals surface area contributed by atoms with Gasteiger partial charge in [0, 0.05) is 25.9 Å². The van der Waals surface area contributed by atoms with Crippen molar-refractivity contribution < 1.29 is 19.1 Å². The van der Waals surface area contributed by atoms with E-state index in [-0.39, 0.29) is 40.5 Å². The number of carbonyl (C=O) groups excluding carboxylic acids is 2. The van der Waals surface area contributed by atoms with Crippen LogP contribution in [0.25, 0.3) is 11.4 Å². The molecule has 1 fully saturated rings. The van der Waals surface area contributed by atoms with Crippen LogP contribution in [0.5, 0.6) is 0 Å². The van der Waals surface area contributed by atoms with E-state index in [2.05, 4.69) is 25.3 Å². The lowest BCUT2D eigenvalue weighted by molar-refractivity contribution is 0.0531. The number of aromatic nitrogens is 4. The molecule has 2 atom stereocenters. The summed E-state index contributed by atoms with van der Waals surface area (Å²) in [4.78, 5) is 43.7. The van der Waals surface area contributed by atoms with Gasteiger partial charge >= 0.3 is 5.97 Å². The van der Waals surface area contributed by atoms with Crippen LogP contribution in [-0.2, 0) is 9.47 Å². The lowest BCUT2D eigenvalue weighted by Crippen LogP contribution is -2.55. The molecular formula is C22H23Cl3N6O4S. The number of piperidine rings is 1. The minimum atomic E-state index is -0.491. The number of nitrogens with zero attached hydrogens (tertiary/aromatic N) is 4. The molecule has 14 heteroatoms. The Morgan fingerprint density at radius 1 is 1.25 bits per heavy atom. The van der Waals surface area contributed by atoms with E-state index in [0.29, 0.717) is 51.6 Å².